The molecule has 0 spiro atoms. The van der Waals surface area contributed by atoms with Crippen LogP contribution in [-0.2, 0) is 9.53 Å². The molecule has 3 nitrogen and oxygen atoms in total. The number of hydrogen-bond acceptors (Lipinski definition) is 3. The Kier molecular flexibility index (Phi) is 4.58. The first-order valence-corrected chi connectivity index (χ1v) is 5.13. The Morgan fingerprint density at radius 3 is 2.62 bits per heavy atom. The van der Waals surface area contributed by atoms with Gasteiger partial charge in [0.15, 0.2) is 0 Å². The number of para-hydroxylation sites is 1. The molecule has 1 atom stereocenters. The van der Waals surface area contributed by atoms with Crippen LogP contribution >= 0.6 is 0 Å². The van der Waals surface area contributed by atoms with Gasteiger partial charge in [-0.1, -0.05) is 18.2 Å². The van der Waals surface area contributed by atoms with Crippen molar-refractivity contribution >= 4 is 5.97 Å². The molecule has 0 radical (unpaired) electrons. The normalized spacial score (nSPS) is 18.3. The van der Waals surface area contributed by atoms with E-state index >= 15 is 0 Å². The summed E-state index contributed by atoms with van der Waals surface area (Å²) >= 11 is 0. The fourth-order valence-corrected chi connectivity index (χ4v) is 1.68. The monoisotopic (exact) mass is 220 g/mol. The number of methoxy groups -OCH3 is 1. The molecule has 0 aromatic heterocycles. The maximum atomic E-state index is 11.0. The lowest BCUT2D eigenvalue weighted by Gasteiger charge is -2.13. The summed E-state index contributed by atoms with van der Waals surface area (Å²) in [5, 5.41) is 0. The van der Waals surface area contributed by atoms with E-state index in [1.165, 1.54) is 0 Å². The Labute approximate surface area is 95.7 Å². The number of carbonyl (C=O) groups is 1. The molecule has 1 aromatic carbocycles. The Morgan fingerprint density at radius 2 is 2.06 bits per heavy atom. The zero-order valence-corrected chi connectivity index (χ0v) is 9.44. The summed E-state index contributed by atoms with van der Waals surface area (Å²) in [7, 11) is 1.62. The molecule has 0 unspecified atom stereocenters. The molecule has 0 bridgehead atoms. The van der Waals surface area contributed by atoms with Gasteiger partial charge in [-0.25, -0.2) is 0 Å². The zero-order valence-electron chi connectivity index (χ0n) is 9.44. The highest BCUT2D eigenvalue weighted by atomic mass is 16.6. The molecule has 1 aliphatic rings. The largest absolute Gasteiger partial charge is 0.496 e. The third kappa shape index (κ3) is 2.63. The number of benzene rings is 1. The van der Waals surface area contributed by atoms with Gasteiger partial charge in [0.1, 0.15) is 11.9 Å². The Bertz CT molecular complexity index is 360. The van der Waals surface area contributed by atoms with E-state index in [-0.39, 0.29) is 12.1 Å². The fourth-order valence-electron chi connectivity index (χ4n) is 1.68. The molecular weight excluding hydrogens is 204 g/mol. The maximum absolute atomic E-state index is 11.0. The molecule has 1 heterocycles. The van der Waals surface area contributed by atoms with Crippen LogP contribution in [0.4, 0.5) is 0 Å². The molecule has 86 valence electrons. The summed E-state index contributed by atoms with van der Waals surface area (Å²) in [4.78, 5) is 11.0. The lowest BCUT2D eigenvalue weighted by molar-refractivity contribution is -0.141. The highest BCUT2D eigenvalue weighted by Gasteiger charge is 2.26. The number of esters is 1. The highest BCUT2D eigenvalue weighted by Crippen LogP contribution is 2.34. The van der Waals surface area contributed by atoms with Crippen LogP contribution in [0.15, 0.2) is 37.4 Å². The molecule has 3 heteroatoms. The van der Waals surface area contributed by atoms with Gasteiger partial charge in [-0.05, 0) is 12.5 Å². The Balaban J connectivity index is 0.000000606. The Hall–Kier alpha value is -1.77. The average molecular weight is 220 g/mol. The van der Waals surface area contributed by atoms with Gasteiger partial charge in [0.25, 0.3) is 0 Å². The van der Waals surface area contributed by atoms with Crippen molar-refractivity contribution in [1.82, 2.24) is 0 Å². The van der Waals surface area contributed by atoms with Gasteiger partial charge in [-0.3, -0.25) is 4.79 Å². The number of cyclic esters (lactones) is 1. The van der Waals surface area contributed by atoms with E-state index in [1.807, 2.05) is 24.3 Å². The van der Waals surface area contributed by atoms with Gasteiger partial charge in [-0.15, -0.1) is 13.2 Å². The first-order valence-electron chi connectivity index (χ1n) is 5.13. The molecule has 0 N–H and O–H groups in total. The van der Waals surface area contributed by atoms with Crippen LogP contribution in [0.3, 0.4) is 0 Å². The van der Waals surface area contributed by atoms with Crippen molar-refractivity contribution < 1.29 is 14.3 Å². The summed E-state index contributed by atoms with van der Waals surface area (Å²) in [5.74, 6) is 0.660. The van der Waals surface area contributed by atoms with Crippen molar-refractivity contribution in [2.75, 3.05) is 7.11 Å². The number of hydrogen-bond donors (Lipinski definition) is 0. The lowest BCUT2D eigenvalue weighted by Crippen LogP contribution is -2.00. The predicted octanol–water partition coefficient (Wildman–Crippen LogP) is 2.88. The van der Waals surface area contributed by atoms with Crippen molar-refractivity contribution in [3.63, 3.8) is 0 Å². The second kappa shape index (κ2) is 5.95. The van der Waals surface area contributed by atoms with E-state index in [2.05, 4.69) is 13.2 Å². The SMILES string of the molecule is C=C.COc1ccccc1[C@H]1CCC(=O)O1. The van der Waals surface area contributed by atoms with E-state index in [0.29, 0.717) is 6.42 Å². The smallest absolute Gasteiger partial charge is 0.306 e. The predicted molar refractivity (Wildman–Crippen MR) is 62.3 cm³/mol. The summed E-state index contributed by atoms with van der Waals surface area (Å²) in [6.45, 7) is 6.00. The van der Waals surface area contributed by atoms with Crippen molar-refractivity contribution in [2.24, 2.45) is 0 Å². The molecule has 1 aliphatic heterocycles. The average Bonchev–Trinajstić information content (AvgIpc) is 2.78. The summed E-state index contributed by atoms with van der Waals surface area (Å²) < 4.78 is 10.4. The van der Waals surface area contributed by atoms with Gasteiger partial charge in [0, 0.05) is 12.0 Å². The first-order chi connectivity index (χ1) is 7.81. The fraction of sp³-hybridized carbons (Fsp3) is 0.308. The minimum atomic E-state index is -0.126. The quantitative estimate of drug-likeness (QED) is 0.568. The van der Waals surface area contributed by atoms with Gasteiger partial charge in [-0.2, -0.15) is 0 Å². The van der Waals surface area contributed by atoms with Gasteiger partial charge in [0.2, 0.25) is 0 Å². The third-order valence-electron chi connectivity index (χ3n) is 2.37. The van der Waals surface area contributed by atoms with Gasteiger partial charge >= 0.3 is 5.97 Å². The standard InChI is InChI=1S/C11H12O3.C2H4/c1-13-9-5-3-2-4-8(9)10-6-7-11(12)14-10;1-2/h2-5,10H,6-7H2,1H3;1-2H2/t10-;/m1./s1. The van der Waals surface area contributed by atoms with Gasteiger partial charge in [0.05, 0.1) is 7.11 Å². The molecule has 0 aliphatic carbocycles. The molecule has 2 rings (SSSR count). The first kappa shape index (κ1) is 12.3. The van der Waals surface area contributed by atoms with Crippen LogP contribution in [0.25, 0.3) is 0 Å². The van der Waals surface area contributed by atoms with Crippen LogP contribution in [0.1, 0.15) is 24.5 Å². The van der Waals surface area contributed by atoms with Crippen molar-refractivity contribution in [3.8, 4) is 5.75 Å². The molecule has 16 heavy (non-hydrogen) atoms. The van der Waals surface area contributed by atoms with E-state index in [0.717, 1.165) is 17.7 Å². The second-order valence-electron chi connectivity index (χ2n) is 3.26. The second-order valence-corrected chi connectivity index (χ2v) is 3.26. The van der Waals surface area contributed by atoms with Crippen molar-refractivity contribution in [3.05, 3.63) is 43.0 Å². The van der Waals surface area contributed by atoms with Crippen molar-refractivity contribution in [1.29, 1.82) is 0 Å². The Morgan fingerprint density at radius 1 is 1.38 bits per heavy atom. The summed E-state index contributed by atoms with van der Waals surface area (Å²) in [5.41, 5.74) is 0.959. The van der Waals surface area contributed by atoms with Crippen LogP contribution in [0, 0.1) is 0 Å². The third-order valence-corrected chi connectivity index (χ3v) is 2.37. The minimum Gasteiger partial charge on any atom is -0.496 e. The molecular formula is C13H16O3. The van der Waals surface area contributed by atoms with Crippen molar-refractivity contribution in [2.45, 2.75) is 18.9 Å². The number of rotatable bonds is 2. The summed E-state index contributed by atoms with van der Waals surface area (Å²) in [6.07, 6.45) is 1.13. The highest BCUT2D eigenvalue weighted by molar-refractivity contribution is 5.72. The van der Waals surface area contributed by atoms with E-state index in [1.54, 1.807) is 7.11 Å². The van der Waals surface area contributed by atoms with E-state index in [4.69, 9.17) is 9.47 Å². The molecule has 1 saturated heterocycles. The molecule has 1 aromatic rings. The zero-order chi connectivity index (χ0) is 12.0. The molecule has 0 amide bonds. The van der Waals surface area contributed by atoms with Crippen LogP contribution in [0.2, 0.25) is 0 Å². The maximum Gasteiger partial charge on any atom is 0.306 e. The lowest BCUT2D eigenvalue weighted by atomic mass is 10.1. The topological polar surface area (TPSA) is 35.5 Å². The van der Waals surface area contributed by atoms with Crippen LogP contribution in [-0.4, -0.2) is 13.1 Å². The van der Waals surface area contributed by atoms with E-state index in [9.17, 15) is 4.79 Å². The summed E-state index contributed by atoms with van der Waals surface area (Å²) in [6, 6.07) is 7.63. The number of carbonyl (C=O) groups excluding carboxylic acids is 1. The molecule has 0 saturated carbocycles. The van der Waals surface area contributed by atoms with Crippen LogP contribution in [0.5, 0.6) is 5.75 Å². The number of ether oxygens (including phenoxy) is 2. The van der Waals surface area contributed by atoms with Crippen LogP contribution < -0.4 is 4.74 Å². The molecule has 1 fully saturated rings. The van der Waals surface area contributed by atoms with E-state index < -0.39 is 0 Å². The minimum absolute atomic E-state index is 0.124. The van der Waals surface area contributed by atoms with Gasteiger partial charge < -0.3 is 9.47 Å².